The summed E-state index contributed by atoms with van der Waals surface area (Å²) in [5.41, 5.74) is -0.621. The second-order valence-electron chi connectivity index (χ2n) is 6.37. The number of hydrogen-bond acceptors (Lipinski definition) is 2. The monoisotopic (exact) mass is 322 g/mol. The van der Waals surface area contributed by atoms with E-state index in [9.17, 15) is 9.59 Å². The zero-order valence-electron chi connectivity index (χ0n) is 13.1. The molecule has 1 fully saturated rings. The summed E-state index contributed by atoms with van der Waals surface area (Å²) in [6.45, 7) is 3.27. The third-order valence-corrected chi connectivity index (χ3v) is 4.53. The predicted octanol–water partition coefficient (Wildman–Crippen LogP) is 3.75. The molecule has 22 heavy (non-hydrogen) atoms. The maximum absolute atomic E-state index is 12.4. The molecule has 2 rings (SSSR count). The van der Waals surface area contributed by atoms with Gasteiger partial charge in [-0.3, -0.25) is 9.59 Å². The van der Waals surface area contributed by atoms with Crippen molar-refractivity contribution < 1.29 is 9.59 Å². The van der Waals surface area contributed by atoms with Gasteiger partial charge in [-0.2, -0.15) is 0 Å². The molecule has 0 aliphatic heterocycles. The molecule has 0 spiro atoms. The van der Waals surface area contributed by atoms with E-state index in [4.69, 9.17) is 11.6 Å². The van der Waals surface area contributed by atoms with Gasteiger partial charge in [-0.15, -0.1) is 0 Å². The Bertz CT molecular complexity index is 551. The van der Waals surface area contributed by atoms with Crippen LogP contribution in [0.1, 0.15) is 46.0 Å². The molecule has 120 valence electrons. The standard InChI is InChI=1S/C17H23ClN2O2/c1-17(2,15(21)19-12-8-4-3-5-9-12)16(22)20-14-11-7-6-10-13(14)18/h6-7,10-12H,3-5,8-9H2,1-2H3,(H,19,21)(H,20,22). The molecule has 0 radical (unpaired) electrons. The Morgan fingerprint density at radius 1 is 1.09 bits per heavy atom. The lowest BCUT2D eigenvalue weighted by atomic mass is 9.88. The minimum atomic E-state index is -1.14. The maximum atomic E-state index is 12.4. The fraction of sp³-hybridized carbons (Fsp3) is 0.529. The topological polar surface area (TPSA) is 58.2 Å². The van der Waals surface area contributed by atoms with Gasteiger partial charge < -0.3 is 10.6 Å². The lowest BCUT2D eigenvalue weighted by Gasteiger charge is -2.28. The summed E-state index contributed by atoms with van der Waals surface area (Å²) in [5, 5.41) is 6.20. The first-order valence-corrected chi connectivity index (χ1v) is 8.16. The highest BCUT2D eigenvalue weighted by Crippen LogP contribution is 2.25. The summed E-state index contributed by atoms with van der Waals surface area (Å²) in [6, 6.07) is 7.19. The van der Waals surface area contributed by atoms with Crippen LogP contribution in [0.4, 0.5) is 5.69 Å². The van der Waals surface area contributed by atoms with Crippen molar-refractivity contribution in [1.82, 2.24) is 5.32 Å². The van der Waals surface area contributed by atoms with E-state index < -0.39 is 5.41 Å². The van der Waals surface area contributed by atoms with Crippen LogP contribution in [0.15, 0.2) is 24.3 Å². The first-order chi connectivity index (χ1) is 10.4. The quantitative estimate of drug-likeness (QED) is 0.829. The normalized spacial score (nSPS) is 16.1. The van der Waals surface area contributed by atoms with Crippen molar-refractivity contribution in [1.29, 1.82) is 0 Å². The minimum absolute atomic E-state index is 0.189. The molecule has 1 aliphatic rings. The molecular weight excluding hydrogens is 300 g/mol. The minimum Gasteiger partial charge on any atom is -0.352 e. The van der Waals surface area contributed by atoms with Crippen molar-refractivity contribution in [2.24, 2.45) is 5.41 Å². The van der Waals surface area contributed by atoms with Crippen LogP contribution in [0, 0.1) is 5.41 Å². The molecule has 0 atom stereocenters. The van der Waals surface area contributed by atoms with Crippen LogP contribution in [0.25, 0.3) is 0 Å². The van der Waals surface area contributed by atoms with E-state index in [0.717, 1.165) is 25.7 Å². The van der Waals surface area contributed by atoms with Gasteiger partial charge in [0.2, 0.25) is 11.8 Å². The van der Waals surface area contributed by atoms with E-state index in [0.29, 0.717) is 10.7 Å². The molecule has 1 saturated carbocycles. The fourth-order valence-electron chi connectivity index (χ4n) is 2.56. The molecule has 1 aliphatic carbocycles. The number of hydrogen-bond donors (Lipinski definition) is 2. The number of amides is 2. The molecule has 0 saturated heterocycles. The highest BCUT2D eigenvalue weighted by atomic mass is 35.5. The molecule has 0 unspecified atom stereocenters. The first-order valence-electron chi connectivity index (χ1n) is 7.78. The summed E-state index contributed by atoms with van der Waals surface area (Å²) in [7, 11) is 0. The number of halogens is 1. The Balaban J connectivity index is 2.00. The average Bonchev–Trinajstić information content (AvgIpc) is 2.50. The number of carbonyl (C=O) groups excluding carboxylic acids is 2. The van der Waals surface area contributed by atoms with Crippen LogP contribution >= 0.6 is 11.6 Å². The Morgan fingerprint density at radius 2 is 1.73 bits per heavy atom. The van der Waals surface area contributed by atoms with E-state index in [-0.39, 0.29) is 17.9 Å². The molecule has 5 heteroatoms. The zero-order valence-corrected chi connectivity index (χ0v) is 13.9. The predicted molar refractivity (Wildman–Crippen MR) is 88.9 cm³/mol. The first kappa shape index (κ1) is 16.8. The van der Waals surface area contributed by atoms with Crippen molar-refractivity contribution >= 4 is 29.1 Å². The molecule has 2 amide bonds. The summed E-state index contributed by atoms with van der Waals surface area (Å²) in [4.78, 5) is 24.9. The van der Waals surface area contributed by atoms with E-state index in [1.165, 1.54) is 6.42 Å². The third-order valence-electron chi connectivity index (χ3n) is 4.20. The Morgan fingerprint density at radius 3 is 2.36 bits per heavy atom. The Hall–Kier alpha value is -1.55. The summed E-state index contributed by atoms with van der Waals surface area (Å²) in [6.07, 6.45) is 5.49. The molecule has 1 aromatic carbocycles. The van der Waals surface area contributed by atoms with Crippen molar-refractivity contribution in [3.8, 4) is 0 Å². The summed E-state index contributed by atoms with van der Waals surface area (Å²) < 4.78 is 0. The smallest absolute Gasteiger partial charge is 0.239 e. The fourth-order valence-corrected chi connectivity index (χ4v) is 2.74. The highest BCUT2D eigenvalue weighted by molar-refractivity contribution is 6.33. The molecular formula is C17H23ClN2O2. The molecule has 4 nitrogen and oxygen atoms in total. The van der Waals surface area contributed by atoms with E-state index in [1.54, 1.807) is 38.1 Å². The van der Waals surface area contributed by atoms with Gasteiger partial charge in [-0.05, 0) is 38.8 Å². The summed E-state index contributed by atoms with van der Waals surface area (Å²) in [5.74, 6) is -0.585. The molecule has 0 heterocycles. The number of carbonyl (C=O) groups is 2. The van der Waals surface area contributed by atoms with Crippen molar-refractivity contribution in [2.75, 3.05) is 5.32 Å². The van der Waals surface area contributed by atoms with E-state index >= 15 is 0 Å². The number of rotatable bonds is 4. The number of para-hydroxylation sites is 1. The number of benzene rings is 1. The largest absolute Gasteiger partial charge is 0.352 e. The van der Waals surface area contributed by atoms with Gasteiger partial charge in [0, 0.05) is 6.04 Å². The van der Waals surface area contributed by atoms with Gasteiger partial charge in [0.25, 0.3) is 0 Å². The van der Waals surface area contributed by atoms with Crippen LogP contribution in [-0.2, 0) is 9.59 Å². The van der Waals surface area contributed by atoms with Gasteiger partial charge >= 0.3 is 0 Å². The molecule has 2 N–H and O–H groups in total. The van der Waals surface area contributed by atoms with Crippen molar-refractivity contribution in [3.05, 3.63) is 29.3 Å². The van der Waals surface area contributed by atoms with Crippen LogP contribution in [0.5, 0.6) is 0 Å². The molecule has 0 aromatic heterocycles. The Labute approximate surface area is 136 Å². The molecule has 1 aromatic rings. The number of nitrogens with one attached hydrogen (secondary N) is 2. The lowest BCUT2D eigenvalue weighted by molar-refractivity contribution is -0.139. The zero-order chi connectivity index (χ0) is 16.2. The molecule has 0 bridgehead atoms. The van der Waals surface area contributed by atoms with Gasteiger partial charge in [0.15, 0.2) is 0 Å². The number of anilines is 1. The van der Waals surface area contributed by atoms with Gasteiger partial charge in [0.1, 0.15) is 5.41 Å². The van der Waals surface area contributed by atoms with Crippen LogP contribution in [-0.4, -0.2) is 17.9 Å². The summed E-state index contributed by atoms with van der Waals surface area (Å²) >= 11 is 6.04. The van der Waals surface area contributed by atoms with Gasteiger partial charge in [-0.1, -0.05) is 43.0 Å². The van der Waals surface area contributed by atoms with Crippen LogP contribution in [0.2, 0.25) is 5.02 Å². The van der Waals surface area contributed by atoms with Crippen molar-refractivity contribution in [3.63, 3.8) is 0 Å². The Kier molecular flexibility index (Phi) is 5.46. The SMILES string of the molecule is CC(C)(C(=O)Nc1ccccc1Cl)C(=O)NC1CCCCC1. The lowest BCUT2D eigenvalue weighted by Crippen LogP contribution is -2.49. The van der Waals surface area contributed by atoms with Crippen LogP contribution < -0.4 is 10.6 Å². The highest BCUT2D eigenvalue weighted by Gasteiger charge is 2.37. The second-order valence-corrected chi connectivity index (χ2v) is 6.77. The van der Waals surface area contributed by atoms with Crippen molar-refractivity contribution in [2.45, 2.75) is 52.0 Å². The maximum Gasteiger partial charge on any atom is 0.239 e. The van der Waals surface area contributed by atoms with Gasteiger partial charge in [0.05, 0.1) is 10.7 Å². The van der Waals surface area contributed by atoms with Crippen LogP contribution in [0.3, 0.4) is 0 Å². The van der Waals surface area contributed by atoms with E-state index in [2.05, 4.69) is 10.6 Å². The second kappa shape index (κ2) is 7.14. The third kappa shape index (κ3) is 4.01. The average molecular weight is 323 g/mol. The van der Waals surface area contributed by atoms with E-state index in [1.807, 2.05) is 0 Å². The van der Waals surface area contributed by atoms with Gasteiger partial charge in [-0.25, -0.2) is 0 Å².